The van der Waals surface area contributed by atoms with E-state index in [1.165, 1.54) is 0 Å². The minimum Gasteiger partial charge on any atom is -0.481 e. The Morgan fingerprint density at radius 3 is 2.52 bits per heavy atom. The van der Waals surface area contributed by atoms with E-state index in [0.29, 0.717) is 13.1 Å². The van der Waals surface area contributed by atoms with Crippen LogP contribution in [0, 0.1) is 11.3 Å². The number of carbonyl (C=O) groups is 2. The number of hydrogen-bond acceptors (Lipinski definition) is 3. The van der Waals surface area contributed by atoms with Crippen LogP contribution in [0.1, 0.15) is 38.0 Å². The largest absolute Gasteiger partial charge is 0.481 e. The van der Waals surface area contributed by atoms with E-state index in [-0.39, 0.29) is 17.2 Å². The lowest BCUT2D eigenvalue weighted by Gasteiger charge is -2.37. The Morgan fingerprint density at radius 2 is 2.05 bits per heavy atom. The number of carbonyl (C=O) groups excluding carboxylic acids is 1. The van der Waals surface area contributed by atoms with Crippen molar-refractivity contribution in [1.82, 2.24) is 4.90 Å². The second-order valence-electron chi connectivity index (χ2n) is 6.85. The minimum atomic E-state index is -0.673. The minimum absolute atomic E-state index is 0.0182. The van der Waals surface area contributed by atoms with Crippen molar-refractivity contribution < 1.29 is 14.7 Å². The Kier molecular flexibility index (Phi) is 3.35. The predicted molar refractivity (Wildman–Crippen MR) is 81.3 cm³/mol. The Morgan fingerprint density at radius 1 is 1.38 bits per heavy atom. The van der Waals surface area contributed by atoms with Gasteiger partial charge in [0.15, 0.2) is 0 Å². The second kappa shape index (κ2) is 4.83. The van der Waals surface area contributed by atoms with Gasteiger partial charge in [0.2, 0.25) is 5.91 Å². The molecular formula is C16H21NO3S. The number of piperidine rings is 1. The molecule has 1 aliphatic heterocycles. The van der Waals surface area contributed by atoms with Gasteiger partial charge in [-0.3, -0.25) is 9.59 Å². The maximum absolute atomic E-state index is 12.8. The summed E-state index contributed by atoms with van der Waals surface area (Å²) in [5.74, 6) is -0.693. The van der Waals surface area contributed by atoms with E-state index >= 15 is 0 Å². The molecule has 1 N–H and O–H groups in total. The SMILES string of the molecule is CC(C)(C(=O)N1CCC2(CC1)CC2C(=O)O)c1cccs1. The number of nitrogens with zero attached hydrogens (tertiary/aromatic N) is 1. The van der Waals surface area contributed by atoms with Gasteiger partial charge in [0.25, 0.3) is 0 Å². The third-order valence-electron chi connectivity index (χ3n) is 5.21. The fourth-order valence-electron chi connectivity index (χ4n) is 3.54. The van der Waals surface area contributed by atoms with E-state index in [1.54, 1.807) is 11.3 Å². The van der Waals surface area contributed by atoms with Crippen LogP contribution in [0.3, 0.4) is 0 Å². The van der Waals surface area contributed by atoms with Crippen molar-refractivity contribution in [3.05, 3.63) is 22.4 Å². The van der Waals surface area contributed by atoms with Crippen LogP contribution in [0.25, 0.3) is 0 Å². The van der Waals surface area contributed by atoms with Gasteiger partial charge in [0.1, 0.15) is 0 Å². The Hall–Kier alpha value is -1.36. The highest BCUT2D eigenvalue weighted by atomic mass is 32.1. The van der Waals surface area contributed by atoms with Crippen LogP contribution in [0.15, 0.2) is 17.5 Å². The van der Waals surface area contributed by atoms with Crippen molar-refractivity contribution in [3.63, 3.8) is 0 Å². The molecule has 2 fully saturated rings. The second-order valence-corrected chi connectivity index (χ2v) is 7.80. The molecule has 4 nitrogen and oxygen atoms in total. The summed E-state index contributed by atoms with van der Waals surface area (Å²) in [5, 5.41) is 11.1. The van der Waals surface area contributed by atoms with E-state index in [0.717, 1.165) is 24.1 Å². The molecule has 1 spiro atoms. The summed E-state index contributed by atoms with van der Waals surface area (Å²) in [4.78, 5) is 26.9. The maximum atomic E-state index is 12.8. The molecule has 2 aliphatic rings. The molecule has 1 saturated heterocycles. The zero-order valence-corrected chi connectivity index (χ0v) is 13.3. The number of carboxylic acid groups (broad SMARTS) is 1. The fraction of sp³-hybridized carbons (Fsp3) is 0.625. The predicted octanol–water partition coefficient (Wildman–Crippen LogP) is 2.74. The number of amides is 1. The number of thiophene rings is 1. The van der Waals surface area contributed by atoms with Crippen molar-refractivity contribution in [2.24, 2.45) is 11.3 Å². The lowest BCUT2D eigenvalue weighted by Crippen LogP contribution is -2.47. The van der Waals surface area contributed by atoms with Gasteiger partial charge >= 0.3 is 5.97 Å². The number of likely N-dealkylation sites (tertiary alicyclic amines) is 1. The maximum Gasteiger partial charge on any atom is 0.307 e. The molecule has 1 amide bonds. The number of aliphatic carboxylic acids is 1. The van der Waals surface area contributed by atoms with Gasteiger partial charge in [-0.2, -0.15) is 0 Å². The molecule has 1 saturated carbocycles. The Labute approximate surface area is 128 Å². The highest BCUT2D eigenvalue weighted by Crippen LogP contribution is 2.59. The quantitative estimate of drug-likeness (QED) is 0.934. The average Bonchev–Trinajstić information content (AvgIpc) is 2.90. The Bertz CT molecular complexity index is 556. The molecule has 3 rings (SSSR count). The standard InChI is InChI=1S/C16H21NO3S/c1-15(2,12-4-3-9-21-12)14(20)17-7-5-16(6-8-17)10-11(16)13(18)19/h3-4,9,11H,5-8,10H2,1-2H3,(H,18,19). The van der Waals surface area contributed by atoms with Crippen LogP contribution in [0.2, 0.25) is 0 Å². The van der Waals surface area contributed by atoms with Crippen molar-refractivity contribution in [2.45, 2.75) is 38.5 Å². The normalized spacial score (nSPS) is 24.1. The van der Waals surface area contributed by atoms with E-state index < -0.39 is 11.4 Å². The highest BCUT2D eigenvalue weighted by Gasteiger charge is 2.59. The van der Waals surface area contributed by atoms with Crippen LogP contribution in [0.5, 0.6) is 0 Å². The smallest absolute Gasteiger partial charge is 0.307 e. The first-order chi connectivity index (χ1) is 9.87. The van der Waals surface area contributed by atoms with Gasteiger partial charge in [-0.25, -0.2) is 0 Å². The van der Waals surface area contributed by atoms with Gasteiger partial charge in [-0.15, -0.1) is 11.3 Å². The van der Waals surface area contributed by atoms with E-state index in [4.69, 9.17) is 5.11 Å². The van der Waals surface area contributed by atoms with Crippen LogP contribution in [-0.4, -0.2) is 35.0 Å². The van der Waals surface area contributed by atoms with Crippen LogP contribution in [-0.2, 0) is 15.0 Å². The Balaban J connectivity index is 1.65. The first-order valence-corrected chi connectivity index (χ1v) is 8.31. The molecule has 0 bridgehead atoms. The first-order valence-electron chi connectivity index (χ1n) is 7.43. The van der Waals surface area contributed by atoms with Crippen molar-refractivity contribution in [2.75, 3.05) is 13.1 Å². The zero-order chi connectivity index (χ0) is 15.3. The van der Waals surface area contributed by atoms with E-state index in [1.807, 2.05) is 36.3 Å². The lowest BCUT2D eigenvalue weighted by molar-refractivity contribution is -0.140. The summed E-state index contributed by atoms with van der Waals surface area (Å²) in [5.41, 5.74) is -0.510. The molecule has 2 heterocycles. The molecule has 1 aromatic heterocycles. The molecule has 1 atom stereocenters. The van der Waals surface area contributed by atoms with Gasteiger partial charge < -0.3 is 10.0 Å². The summed E-state index contributed by atoms with van der Waals surface area (Å²) in [6.07, 6.45) is 2.45. The third-order valence-corrected chi connectivity index (χ3v) is 6.40. The lowest BCUT2D eigenvalue weighted by atomic mass is 9.86. The fourth-order valence-corrected chi connectivity index (χ4v) is 4.38. The topological polar surface area (TPSA) is 57.6 Å². The van der Waals surface area contributed by atoms with Crippen LogP contribution < -0.4 is 0 Å². The summed E-state index contributed by atoms with van der Waals surface area (Å²) >= 11 is 1.61. The van der Waals surface area contributed by atoms with Crippen LogP contribution in [0.4, 0.5) is 0 Å². The summed E-state index contributed by atoms with van der Waals surface area (Å²) < 4.78 is 0. The number of carboxylic acids is 1. The van der Waals surface area contributed by atoms with Crippen molar-refractivity contribution in [3.8, 4) is 0 Å². The molecule has 21 heavy (non-hydrogen) atoms. The van der Waals surface area contributed by atoms with Crippen LogP contribution >= 0.6 is 11.3 Å². The monoisotopic (exact) mass is 307 g/mol. The van der Waals surface area contributed by atoms with Crippen molar-refractivity contribution in [1.29, 1.82) is 0 Å². The molecule has 5 heteroatoms. The number of rotatable bonds is 3. The average molecular weight is 307 g/mol. The molecular weight excluding hydrogens is 286 g/mol. The van der Waals surface area contributed by atoms with E-state index in [9.17, 15) is 9.59 Å². The summed E-state index contributed by atoms with van der Waals surface area (Å²) in [6.45, 7) is 5.33. The zero-order valence-electron chi connectivity index (χ0n) is 12.5. The van der Waals surface area contributed by atoms with Gasteiger partial charge in [0.05, 0.1) is 11.3 Å². The molecule has 1 aromatic rings. The van der Waals surface area contributed by atoms with Gasteiger partial charge in [0, 0.05) is 18.0 Å². The number of hydrogen-bond donors (Lipinski definition) is 1. The first kappa shape index (κ1) is 14.6. The summed E-state index contributed by atoms with van der Waals surface area (Å²) in [6, 6.07) is 3.98. The molecule has 0 aromatic carbocycles. The van der Waals surface area contributed by atoms with Crippen molar-refractivity contribution >= 4 is 23.2 Å². The molecule has 1 unspecified atom stereocenters. The van der Waals surface area contributed by atoms with E-state index in [2.05, 4.69) is 0 Å². The third kappa shape index (κ3) is 2.37. The summed E-state index contributed by atoms with van der Waals surface area (Å²) in [7, 11) is 0. The van der Waals surface area contributed by atoms with Gasteiger partial charge in [-0.05, 0) is 50.0 Å². The van der Waals surface area contributed by atoms with Gasteiger partial charge in [-0.1, -0.05) is 6.07 Å². The molecule has 0 radical (unpaired) electrons. The molecule has 1 aliphatic carbocycles. The molecule has 114 valence electrons. The highest BCUT2D eigenvalue weighted by molar-refractivity contribution is 7.10.